The highest BCUT2D eigenvalue weighted by Gasteiger charge is 2.13. The Morgan fingerprint density at radius 3 is 2.56 bits per heavy atom. The third-order valence-corrected chi connectivity index (χ3v) is 3.13. The molecule has 0 saturated carbocycles. The van der Waals surface area contributed by atoms with Crippen LogP contribution in [0.5, 0.6) is 0 Å². The first-order valence-corrected chi connectivity index (χ1v) is 6.07. The summed E-state index contributed by atoms with van der Waals surface area (Å²) >= 11 is 12.2. The van der Waals surface area contributed by atoms with E-state index in [1.165, 1.54) is 0 Å². The molecule has 1 aromatic carbocycles. The zero-order chi connectivity index (χ0) is 12.1. The molecule has 1 rings (SSSR count). The van der Waals surface area contributed by atoms with Crippen LogP contribution < -0.4 is 5.32 Å². The maximum absolute atomic E-state index is 6.17. The second-order valence-electron chi connectivity index (χ2n) is 4.10. The quantitative estimate of drug-likeness (QED) is 0.875. The van der Waals surface area contributed by atoms with Gasteiger partial charge in [0, 0.05) is 16.1 Å². The van der Waals surface area contributed by atoms with E-state index in [2.05, 4.69) is 24.3 Å². The fourth-order valence-corrected chi connectivity index (χ4v) is 2.05. The van der Waals surface area contributed by atoms with Crippen LogP contribution in [0.25, 0.3) is 0 Å². The van der Waals surface area contributed by atoms with E-state index >= 15 is 0 Å². The average Bonchev–Trinajstić information content (AvgIpc) is 2.23. The van der Waals surface area contributed by atoms with Crippen molar-refractivity contribution in [2.45, 2.75) is 12.5 Å². The molecule has 0 aliphatic carbocycles. The van der Waals surface area contributed by atoms with E-state index in [1.54, 1.807) is 0 Å². The van der Waals surface area contributed by atoms with Gasteiger partial charge in [-0.15, -0.1) is 0 Å². The van der Waals surface area contributed by atoms with Crippen molar-refractivity contribution >= 4 is 23.2 Å². The van der Waals surface area contributed by atoms with Gasteiger partial charge in [0.1, 0.15) is 0 Å². The Balaban J connectivity index is 2.81. The van der Waals surface area contributed by atoms with Gasteiger partial charge in [0.2, 0.25) is 0 Å². The Bertz CT molecular complexity index is 340. The molecule has 1 atom stereocenters. The number of rotatable bonds is 5. The second kappa shape index (κ2) is 6.45. The van der Waals surface area contributed by atoms with Gasteiger partial charge in [-0.3, -0.25) is 0 Å². The average molecular weight is 261 g/mol. The van der Waals surface area contributed by atoms with Crippen LogP contribution >= 0.6 is 23.2 Å². The van der Waals surface area contributed by atoms with E-state index in [4.69, 9.17) is 23.2 Å². The molecular weight excluding hydrogens is 243 g/mol. The molecule has 0 saturated heterocycles. The number of nitrogens with zero attached hydrogens (tertiary/aromatic N) is 1. The zero-order valence-corrected chi connectivity index (χ0v) is 11.4. The van der Waals surface area contributed by atoms with Gasteiger partial charge in [0.15, 0.2) is 0 Å². The lowest BCUT2D eigenvalue weighted by Crippen LogP contribution is -2.23. The largest absolute Gasteiger partial charge is 0.313 e. The second-order valence-corrected chi connectivity index (χ2v) is 4.94. The smallest absolute Gasteiger partial charge is 0.0454 e. The number of hydrogen-bond acceptors (Lipinski definition) is 2. The summed E-state index contributed by atoms with van der Waals surface area (Å²) in [5.41, 5.74) is 1.07. The Hall–Kier alpha value is -0.280. The van der Waals surface area contributed by atoms with Crippen molar-refractivity contribution in [3.63, 3.8) is 0 Å². The molecule has 0 amide bonds. The summed E-state index contributed by atoms with van der Waals surface area (Å²) in [5.74, 6) is 0. The minimum absolute atomic E-state index is 0.244. The summed E-state index contributed by atoms with van der Waals surface area (Å²) in [5, 5.41) is 4.76. The van der Waals surface area contributed by atoms with E-state index in [0.717, 1.165) is 28.6 Å². The predicted octanol–water partition coefficient (Wildman–Crippen LogP) is 3.21. The number of hydrogen-bond donors (Lipinski definition) is 1. The molecule has 0 aliphatic heterocycles. The standard InChI is InChI=1S/C12H18Cl2N2/c1-15-12(6-7-16(2)3)10-8-9(13)4-5-11(10)14/h4-5,8,12,15H,6-7H2,1-3H3. The monoisotopic (exact) mass is 260 g/mol. The molecule has 0 bridgehead atoms. The number of benzene rings is 1. The molecule has 2 nitrogen and oxygen atoms in total. The van der Waals surface area contributed by atoms with Crippen LogP contribution in [0.3, 0.4) is 0 Å². The maximum atomic E-state index is 6.17. The summed E-state index contributed by atoms with van der Waals surface area (Å²) in [4.78, 5) is 2.16. The zero-order valence-electron chi connectivity index (χ0n) is 9.93. The number of halogens is 2. The fraction of sp³-hybridized carbons (Fsp3) is 0.500. The Morgan fingerprint density at radius 1 is 1.31 bits per heavy atom. The van der Waals surface area contributed by atoms with Crippen molar-refractivity contribution in [2.75, 3.05) is 27.7 Å². The lowest BCUT2D eigenvalue weighted by Gasteiger charge is -2.20. The maximum Gasteiger partial charge on any atom is 0.0454 e. The minimum atomic E-state index is 0.244. The first-order valence-electron chi connectivity index (χ1n) is 5.31. The molecule has 0 spiro atoms. The summed E-state index contributed by atoms with van der Waals surface area (Å²) in [6.45, 7) is 1.01. The molecule has 16 heavy (non-hydrogen) atoms. The highest BCUT2D eigenvalue weighted by atomic mass is 35.5. The van der Waals surface area contributed by atoms with Gasteiger partial charge >= 0.3 is 0 Å². The van der Waals surface area contributed by atoms with Gasteiger partial charge in [-0.1, -0.05) is 23.2 Å². The van der Waals surface area contributed by atoms with E-state index in [-0.39, 0.29) is 6.04 Å². The van der Waals surface area contributed by atoms with Crippen molar-refractivity contribution in [1.82, 2.24) is 10.2 Å². The Morgan fingerprint density at radius 2 is 2.00 bits per heavy atom. The van der Waals surface area contributed by atoms with E-state index in [1.807, 2.05) is 25.2 Å². The SMILES string of the molecule is CNC(CCN(C)C)c1cc(Cl)ccc1Cl. The highest BCUT2D eigenvalue weighted by Crippen LogP contribution is 2.28. The third-order valence-electron chi connectivity index (χ3n) is 2.55. The highest BCUT2D eigenvalue weighted by molar-refractivity contribution is 6.33. The third kappa shape index (κ3) is 3.95. The lowest BCUT2D eigenvalue weighted by molar-refractivity contribution is 0.368. The van der Waals surface area contributed by atoms with Crippen LogP contribution in [0.1, 0.15) is 18.0 Å². The van der Waals surface area contributed by atoms with Crippen molar-refractivity contribution in [3.05, 3.63) is 33.8 Å². The van der Waals surface area contributed by atoms with Crippen LogP contribution in [0.4, 0.5) is 0 Å². The van der Waals surface area contributed by atoms with Gasteiger partial charge in [-0.05, 0) is 57.9 Å². The molecule has 1 N–H and O–H groups in total. The molecule has 0 fully saturated rings. The first kappa shape index (κ1) is 13.8. The molecule has 1 unspecified atom stereocenters. The van der Waals surface area contributed by atoms with Crippen LogP contribution in [0.15, 0.2) is 18.2 Å². The minimum Gasteiger partial charge on any atom is -0.313 e. The molecule has 0 heterocycles. The van der Waals surface area contributed by atoms with E-state index in [0.29, 0.717) is 0 Å². The topological polar surface area (TPSA) is 15.3 Å². The Labute approximate surface area is 108 Å². The van der Waals surface area contributed by atoms with Crippen LogP contribution in [-0.4, -0.2) is 32.6 Å². The molecule has 0 radical (unpaired) electrons. The van der Waals surface area contributed by atoms with Crippen molar-refractivity contribution in [2.24, 2.45) is 0 Å². The molecule has 1 aromatic rings. The molecule has 0 aliphatic rings. The molecular formula is C12H18Cl2N2. The van der Waals surface area contributed by atoms with Crippen LogP contribution in [0, 0.1) is 0 Å². The van der Waals surface area contributed by atoms with Gasteiger partial charge in [-0.2, -0.15) is 0 Å². The molecule has 0 aromatic heterocycles. The summed E-state index contributed by atoms with van der Waals surface area (Å²) < 4.78 is 0. The van der Waals surface area contributed by atoms with Crippen molar-refractivity contribution in [3.8, 4) is 0 Å². The van der Waals surface area contributed by atoms with Crippen LogP contribution in [-0.2, 0) is 0 Å². The Kier molecular flexibility index (Phi) is 5.56. The molecule has 90 valence electrons. The summed E-state index contributed by atoms with van der Waals surface area (Å²) in [6, 6.07) is 5.83. The number of nitrogens with one attached hydrogen (secondary N) is 1. The van der Waals surface area contributed by atoms with Gasteiger partial charge in [0.25, 0.3) is 0 Å². The van der Waals surface area contributed by atoms with E-state index in [9.17, 15) is 0 Å². The van der Waals surface area contributed by atoms with E-state index < -0.39 is 0 Å². The molecule has 4 heteroatoms. The normalized spacial score (nSPS) is 13.1. The van der Waals surface area contributed by atoms with Gasteiger partial charge in [0.05, 0.1) is 0 Å². The first-order chi connectivity index (χ1) is 7.54. The van der Waals surface area contributed by atoms with Crippen molar-refractivity contribution < 1.29 is 0 Å². The summed E-state index contributed by atoms with van der Waals surface area (Å²) in [6.07, 6.45) is 1.00. The van der Waals surface area contributed by atoms with Gasteiger partial charge in [-0.25, -0.2) is 0 Å². The fourth-order valence-electron chi connectivity index (χ4n) is 1.62. The van der Waals surface area contributed by atoms with Crippen LogP contribution in [0.2, 0.25) is 10.0 Å². The van der Waals surface area contributed by atoms with Crippen molar-refractivity contribution in [1.29, 1.82) is 0 Å². The predicted molar refractivity (Wildman–Crippen MR) is 71.4 cm³/mol. The summed E-state index contributed by atoms with van der Waals surface area (Å²) in [7, 11) is 6.07. The van der Waals surface area contributed by atoms with Gasteiger partial charge < -0.3 is 10.2 Å². The lowest BCUT2D eigenvalue weighted by atomic mass is 10.0.